The van der Waals surface area contributed by atoms with Crippen molar-refractivity contribution in [2.45, 2.75) is 6.54 Å². The Morgan fingerprint density at radius 2 is 1.92 bits per heavy atom. The lowest BCUT2D eigenvalue weighted by Crippen LogP contribution is -2.14. The Bertz CT molecular complexity index is 897. The van der Waals surface area contributed by atoms with Gasteiger partial charge in [-0.3, -0.25) is 9.48 Å². The second kappa shape index (κ2) is 7.31. The van der Waals surface area contributed by atoms with Crippen LogP contribution in [0.5, 0.6) is 0 Å². The molecule has 0 aliphatic rings. The minimum Gasteiger partial charge on any atom is -0.304 e. The highest BCUT2D eigenvalue weighted by Gasteiger charge is 2.14. The van der Waals surface area contributed by atoms with Crippen LogP contribution in [-0.2, 0) is 6.54 Å². The Balaban J connectivity index is 1.78. The number of carbonyl (C=O) groups is 1. The number of nitrogens with one attached hydrogen (secondary N) is 1. The van der Waals surface area contributed by atoms with E-state index in [2.05, 4.69) is 33.0 Å². The molecule has 0 bridgehead atoms. The van der Waals surface area contributed by atoms with Crippen molar-refractivity contribution in [2.24, 2.45) is 0 Å². The van der Waals surface area contributed by atoms with E-state index in [0.717, 1.165) is 3.57 Å². The Labute approximate surface area is 156 Å². The predicted molar refractivity (Wildman–Crippen MR) is 99.9 cm³/mol. The molecule has 7 heteroatoms. The molecule has 4 nitrogen and oxygen atoms in total. The zero-order valence-corrected chi connectivity index (χ0v) is 15.3. The van der Waals surface area contributed by atoms with Gasteiger partial charge in [-0.2, -0.15) is 5.10 Å². The maximum absolute atomic E-state index is 13.7. The Kier molecular flexibility index (Phi) is 5.15. The minimum atomic E-state index is -0.312. The molecular formula is C17H12ClFIN3O. The summed E-state index contributed by atoms with van der Waals surface area (Å²) in [5.41, 5.74) is 1.03. The molecule has 2 aromatic carbocycles. The summed E-state index contributed by atoms with van der Waals surface area (Å²) in [6.07, 6.45) is 1.56. The first-order chi connectivity index (χ1) is 11.5. The molecule has 1 N–H and O–H groups in total. The molecule has 3 aromatic rings. The number of carbonyl (C=O) groups excluding carboxylic acids is 1. The molecule has 1 amide bonds. The van der Waals surface area contributed by atoms with Gasteiger partial charge < -0.3 is 5.32 Å². The molecule has 0 spiro atoms. The summed E-state index contributed by atoms with van der Waals surface area (Å²) in [5, 5.41) is 7.21. The normalized spacial score (nSPS) is 10.6. The van der Waals surface area contributed by atoms with Crippen molar-refractivity contribution in [3.05, 3.63) is 80.3 Å². The van der Waals surface area contributed by atoms with Gasteiger partial charge in [-0.1, -0.05) is 41.9 Å². The van der Waals surface area contributed by atoms with E-state index in [1.54, 1.807) is 36.5 Å². The van der Waals surface area contributed by atoms with E-state index < -0.39 is 0 Å². The lowest BCUT2D eigenvalue weighted by atomic mass is 10.2. The number of benzene rings is 2. The molecule has 0 unspecified atom stereocenters. The molecule has 0 aliphatic heterocycles. The van der Waals surface area contributed by atoms with Gasteiger partial charge in [0.25, 0.3) is 5.91 Å². The first-order valence-electron chi connectivity index (χ1n) is 7.07. The minimum absolute atomic E-state index is 0.227. The third-order valence-electron chi connectivity index (χ3n) is 3.36. The molecule has 0 atom stereocenters. The van der Waals surface area contributed by atoms with Crippen molar-refractivity contribution in [1.82, 2.24) is 9.78 Å². The van der Waals surface area contributed by atoms with Crippen LogP contribution in [0.3, 0.4) is 0 Å². The molecule has 0 fully saturated rings. The van der Waals surface area contributed by atoms with Gasteiger partial charge in [0.1, 0.15) is 10.8 Å². The summed E-state index contributed by atoms with van der Waals surface area (Å²) >= 11 is 8.22. The molecule has 24 heavy (non-hydrogen) atoms. The monoisotopic (exact) mass is 455 g/mol. The van der Waals surface area contributed by atoms with Gasteiger partial charge in [-0.15, -0.1) is 0 Å². The van der Waals surface area contributed by atoms with E-state index >= 15 is 0 Å². The first-order valence-corrected chi connectivity index (χ1v) is 8.52. The van der Waals surface area contributed by atoms with Gasteiger partial charge in [0.2, 0.25) is 0 Å². The van der Waals surface area contributed by atoms with Crippen LogP contribution in [0.15, 0.2) is 54.7 Å². The van der Waals surface area contributed by atoms with E-state index in [4.69, 9.17) is 11.6 Å². The van der Waals surface area contributed by atoms with Crippen molar-refractivity contribution < 1.29 is 9.18 Å². The van der Waals surface area contributed by atoms with Gasteiger partial charge in [-0.05, 0) is 40.8 Å². The standard InChI is InChI=1S/C17H12ClFIN3O/c18-13-10-23(9-11-5-1-3-7-14(11)19)22-16(13)21-17(24)12-6-2-4-8-15(12)20/h1-8,10H,9H2,(H,21,22,24). The van der Waals surface area contributed by atoms with Crippen molar-refractivity contribution >= 4 is 45.9 Å². The predicted octanol–water partition coefficient (Wildman–Crippen LogP) is 4.58. The Morgan fingerprint density at radius 3 is 2.67 bits per heavy atom. The van der Waals surface area contributed by atoms with Crippen LogP contribution in [0.1, 0.15) is 15.9 Å². The fourth-order valence-corrected chi connectivity index (χ4v) is 3.01. The van der Waals surface area contributed by atoms with Crippen molar-refractivity contribution in [3.63, 3.8) is 0 Å². The fraction of sp³-hybridized carbons (Fsp3) is 0.0588. The largest absolute Gasteiger partial charge is 0.304 e. The number of anilines is 1. The smallest absolute Gasteiger partial charge is 0.257 e. The molecule has 1 aromatic heterocycles. The maximum atomic E-state index is 13.7. The van der Waals surface area contributed by atoms with Crippen LogP contribution in [0.25, 0.3) is 0 Å². The van der Waals surface area contributed by atoms with Crippen LogP contribution >= 0.6 is 34.2 Å². The lowest BCUT2D eigenvalue weighted by molar-refractivity contribution is 0.102. The zero-order valence-electron chi connectivity index (χ0n) is 12.3. The number of nitrogens with zero attached hydrogens (tertiary/aromatic N) is 2. The van der Waals surface area contributed by atoms with Gasteiger partial charge in [0.05, 0.1) is 12.1 Å². The number of hydrogen-bond donors (Lipinski definition) is 1. The summed E-state index contributed by atoms with van der Waals surface area (Å²) in [6, 6.07) is 13.7. The highest BCUT2D eigenvalue weighted by molar-refractivity contribution is 14.1. The second-order valence-corrected chi connectivity index (χ2v) is 6.62. The zero-order chi connectivity index (χ0) is 17.1. The van der Waals surface area contributed by atoms with E-state index in [9.17, 15) is 9.18 Å². The second-order valence-electron chi connectivity index (χ2n) is 5.05. The van der Waals surface area contributed by atoms with E-state index in [0.29, 0.717) is 16.1 Å². The van der Waals surface area contributed by atoms with Crippen LogP contribution in [-0.4, -0.2) is 15.7 Å². The van der Waals surface area contributed by atoms with Crippen LogP contribution in [0, 0.1) is 9.39 Å². The van der Waals surface area contributed by atoms with Gasteiger partial charge >= 0.3 is 0 Å². The van der Waals surface area contributed by atoms with Crippen LogP contribution < -0.4 is 5.32 Å². The fourth-order valence-electron chi connectivity index (χ4n) is 2.18. The molecular weight excluding hydrogens is 444 g/mol. The number of amides is 1. The number of hydrogen-bond acceptors (Lipinski definition) is 2. The number of halogens is 3. The van der Waals surface area contributed by atoms with Gasteiger partial charge in [-0.25, -0.2) is 4.39 Å². The van der Waals surface area contributed by atoms with Gasteiger partial charge in [0, 0.05) is 15.3 Å². The van der Waals surface area contributed by atoms with Crippen molar-refractivity contribution in [1.29, 1.82) is 0 Å². The highest BCUT2D eigenvalue weighted by atomic mass is 127. The third kappa shape index (κ3) is 3.76. The first kappa shape index (κ1) is 16.9. The average Bonchev–Trinajstić information content (AvgIpc) is 2.89. The summed E-state index contributed by atoms with van der Waals surface area (Å²) in [6.45, 7) is 0.227. The van der Waals surface area contributed by atoms with E-state index in [1.165, 1.54) is 10.7 Å². The lowest BCUT2D eigenvalue weighted by Gasteiger charge is -2.05. The molecule has 0 aliphatic carbocycles. The summed E-state index contributed by atoms with van der Waals surface area (Å²) < 4.78 is 16.0. The summed E-state index contributed by atoms with van der Waals surface area (Å²) in [7, 11) is 0. The topological polar surface area (TPSA) is 46.9 Å². The molecule has 0 saturated heterocycles. The summed E-state index contributed by atoms with van der Waals surface area (Å²) in [4.78, 5) is 12.3. The Hall–Kier alpha value is -1.93. The molecule has 0 saturated carbocycles. The van der Waals surface area contributed by atoms with Gasteiger partial charge in [0.15, 0.2) is 5.82 Å². The van der Waals surface area contributed by atoms with Crippen molar-refractivity contribution in [3.8, 4) is 0 Å². The van der Waals surface area contributed by atoms with Crippen LogP contribution in [0.2, 0.25) is 5.02 Å². The summed E-state index contributed by atoms with van der Waals surface area (Å²) in [5.74, 6) is -0.357. The highest BCUT2D eigenvalue weighted by Crippen LogP contribution is 2.22. The average molecular weight is 456 g/mol. The Morgan fingerprint density at radius 1 is 1.21 bits per heavy atom. The van der Waals surface area contributed by atoms with E-state index in [1.807, 2.05) is 12.1 Å². The quantitative estimate of drug-likeness (QED) is 0.586. The number of rotatable bonds is 4. The third-order valence-corrected chi connectivity index (χ3v) is 4.57. The van der Waals surface area contributed by atoms with Crippen molar-refractivity contribution in [2.75, 3.05) is 5.32 Å². The van der Waals surface area contributed by atoms with E-state index in [-0.39, 0.29) is 24.1 Å². The molecule has 122 valence electrons. The molecule has 3 rings (SSSR count). The van der Waals surface area contributed by atoms with Crippen LogP contribution in [0.4, 0.5) is 10.2 Å². The number of aromatic nitrogens is 2. The maximum Gasteiger partial charge on any atom is 0.257 e. The molecule has 1 heterocycles. The SMILES string of the molecule is O=C(Nc1nn(Cc2ccccc2F)cc1Cl)c1ccccc1I. The molecule has 0 radical (unpaired) electrons.